The van der Waals surface area contributed by atoms with Crippen LogP contribution in [0, 0.1) is 0 Å². The van der Waals surface area contributed by atoms with Crippen LogP contribution in [0.4, 0.5) is 10.6 Å². The summed E-state index contributed by atoms with van der Waals surface area (Å²) in [7, 11) is 0. The number of amides is 3. The molecule has 1 aromatic heterocycles. The number of carbonyl (C=O) groups excluding carboxylic acids is 2. The number of anilines is 1. The summed E-state index contributed by atoms with van der Waals surface area (Å²) in [6.07, 6.45) is 3.63. The molecule has 1 aromatic rings. The van der Waals surface area contributed by atoms with Crippen molar-refractivity contribution in [2.24, 2.45) is 0 Å². The summed E-state index contributed by atoms with van der Waals surface area (Å²) in [6, 6.07) is 3.94. The number of nitrogens with zero attached hydrogens (tertiary/aromatic N) is 3. The van der Waals surface area contributed by atoms with Gasteiger partial charge in [0.15, 0.2) is 0 Å². The zero-order valence-electron chi connectivity index (χ0n) is 15.4. The normalized spacial score (nSPS) is 17.1. The summed E-state index contributed by atoms with van der Waals surface area (Å²) in [5.74, 6) is 0.904. The quantitative estimate of drug-likeness (QED) is 0.822. The minimum Gasteiger partial charge on any atom is -0.357 e. The van der Waals surface area contributed by atoms with E-state index in [1.54, 1.807) is 4.90 Å². The Morgan fingerprint density at radius 3 is 2.68 bits per heavy atom. The predicted molar refractivity (Wildman–Crippen MR) is 98.4 cm³/mol. The molecule has 2 rings (SSSR count). The van der Waals surface area contributed by atoms with Crippen LogP contribution in [0.2, 0.25) is 0 Å². The highest BCUT2D eigenvalue weighted by molar-refractivity contribution is 5.75. The molecule has 0 aliphatic carbocycles. The van der Waals surface area contributed by atoms with E-state index in [0.717, 1.165) is 43.9 Å². The maximum absolute atomic E-state index is 12.3. The molecule has 1 atom stereocenters. The summed E-state index contributed by atoms with van der Waals surface area (Å²) >= 11 is 0. The fraction of sp³-hybridized carbons (Fsp3) is 0.611. The van der Waals surface area contributed by atoms with E-state index in [4.69, 9.17) is 0 Å². The van der Waals surface area contributed by atoms with Crippen molar-refractivity contribution in [2.45, 2.75) is 46.2 Å². The van der Waals surface area contributed by atoms with Gasteiger partial charge in [0.1, 0.15) is 5.82 Å². The van der Waals surface area contributed by atoms with Crippen molar-refractivity contribution in [3.8, 4) is 0 Å². The van der Waals surface area contributed by atoms with Crippen molar-refractivity contribution in [1.29, 1.82) is 0 Å². The first-order valence-corrected chi connectivity index (χ1v) is 9.03. The standard InChI is InChI=1S/C18H29N5O2/c1-4-22(5-2)17-9-8-15(11-19-17)12-20-18(25)23-10-6-7-16(13-23)21-14(3)24/h8-9,11,16H,4-7,10,12-13H2,1-3H3,(H,20,25)(H,21,24)/t16-/m0/s1. The summed E-state index contributed by atoms with van der Waals surface area (Å²) in [4.78, 5) is 31.9. The average Bonchev–Trinajstić information content (AvgIpc) is 2.61. The van der Waals surface area contributed by atoms with Crippen molar-refractivity contribution in [3.05, 3.63) is 23.9 Å². The molecule has 2 N–H and O–H groups in total. The first-order valence-electron chi connectivity index (χ1n) is 9.03. The van der Waals surface area contributed by atoms with Crippen LogP contribution < -0.4 is 15.5 Å². The highest BCUT2D eigenvalue weighted by Crippen LogP contribution is 2.12. The van der Waals surface area contributed by atoms with Gasteiger partial charge in [-0.3, -0.25) is 4.79 Å². The molecule has 0 radical (unpaired) electrons. The minimum atomic E-state index is -0.0946. The maximum atomic E-state index is 12.3. The molecule has 0 saturated carbocycles. The zero-order chi connectivity index (χ0) is 18.2. The second-order valence-electron chi connectivity index (χ2n) is 6.34. The van der Waals surface area contributed by atoms with Crippen LogP contribution in [0.1, 0.15) is 39.2 Å². The highest BCUT2D eigenvalue weighted by atomic mass is 16.2. The van der Waals surface area contributed by atoms with Crippen molar-refractivity contribution in [3.63, 3.8) is 0 Å². The van der Waals surface area contributed by atoms with E-state index >= 15 is 0 Å². The van der Waals surface area contributed by atoms with E-state index in [1.807, 2.05) is 18.3 Å². The van der Waals surface area contributed by atoms with Gasteiger partial charge in [0.05, 0.1) is 0 Å². The van der Waals surface area contributed by atoms with Crippen molar-refractivity contribution in [2.75, 3.05) is 31.1 Å². The number of carbonyl (C=O) groups is 2. The van der Waals surface area contributed by atoms with Crippen LogP contribution in [-0.4, -0.2) is 54.0 Å². The Balaban J connectivity index is 1.84. The van der Waals surface area contributed by atoms with E-state index < -0.39 is 0 Å². The average molecular weight is 347 g/mol. The lowest BCUT2D eigenvalue weighted by atomic mass is 10.1. The first kappa shape index (κ1) is 19.0. The molecule has 1 saturated heterocycles. The van der Waals surface area contributed by atoms with Gasteiger partial charge in [0, 0.05) is 51.9 Å². The molecule has 3 amide bonds. The van der Waals surface area contributed by atoms with Crippen molar-refractivity contribution >= 4 is 17.8 Å². The van der Waals surface area contributed by atoms with Gasteiger partial charge in [0.2, 0.25) is 5.91 Å². The molecular weight excluding hydrogens is 318 g/mol. The Kier molecular flexibility index (Phi) is 7.03. The number of likely N-dealkylation sites (tertiary alicyclic amines) is 1. The SMILES string of the molecule is CCN(CC)c1ccc(CNC(=O)N2CCC[C@H](NC(C)=O)C2)cn1. The van der Waals surface area contributed by atoms with Gasteiger partial charge < -0.3 is 20.4 Å². The van der Waals surface area contributed by atoms with Crippen LogP contribution in [0.5, 0.6) is 0 Å². The van der Waals surface area contributed by atoms with E-state index in [-0.39, 0.29) is 18.0 Å². The van der Waals surface area contributed by atoms with E-state index in [1.165, 1.54) is 6.92 Å². The summed E-state index contributed by atoms with van der Waals surface area (Å²) in [5.41, 5.74) is 0.972. The number of rotatable bonds is 6. The molecule has 1 fully saturated rings. The Morgan fingerprint density at radius 1 is 1.32 bits per heavy atom. The van der Waals surface area contributed by atoms with Gasteiger partial charge in [0.25, 0.3) is 0 Å². The van der Waals surface area contributed by atoms with E-state index in [9.17, 15) is 9.59 Å². The Hall–Kier alpha value is -2.31. The van der Waals surface area contributed by atoms with Crippen LogP contribution >= 0.6 is 0 Å². The van der Waals surface area contributed by atoms with Gasteiger partial charge in [-0.25, -0.2) is 9.78 Å². The van der Waals surface area contributed by atoms with Crippen LogP contribution in [0.25, 0.3) is 0 Å². The summed E-state index contributed by atoms with van der Waals surface area (Å²) in [6.45, 7) is 9.29. The Morgan fingerprint density at radius 2 is 2.08 bits per heavy atom. The fourth-order valence-electron chi connectivity index (χ4n) is 3.11. The zero-order valence-corrected chi connectivity index (χ0v) is 15.4. The topological polar surface area (TPSA) is 77.6 Å². The van der Waals surface area contributed by atoms with Gasteiger partial charge in [-0.2, -0.15) is 0 Å². The van der Waals surface area contributed by atoms with E-state index in [0.29, 0.717) is 13.1 Å². The molecule has 0 aromatic carbocycles. The molecule has 1 aliphatic rings. The Bertz CT molecular complexity index is 571. The maximum Gasteiger partial charge on any atom is 0.317 e. The number of hydrogen-bond donors (Lipinski definition) is 2. The van der Waals surface area contributed by atoms with Gasteiger partial charge in [-0.05, 0) is 38.3 Å². The van der Waals surface area contributed by atoms with Crippen LogP contribution in [0.3, 0.4) is 0 Å². The van der Waals surface area contributed by atoms with Gasteiger partial charge in [-0.15, -0.1) is 0 Å². The lowest BCUT2D eigenvalue weighted by Crippen LogP contribution is -2.51. The molecular formula is C18H29N5O2. The fourth-order valence-corrected chi connectivity index (χ4v) is 3.11. The molecule has 2 heterocycles. The van der Waals surface area contributed by atoms with Crippen molar-refractivity contribution in [1.82, 2.24) is 20.5 Å². The summed E-state index contributed by atoms with van der Waals surface area (Å²) in [5, 5.41) is 5.83. The molecule has 25 heavy (non-hydrogen) atoms. The molecule has 0 spiro atoms. The van der Waals surface area contributed by atoms with Gasteiger partial charge >= 0.3 is 6.03 Å². The third kappa shape index (κ3) is 5.62. The van der Waals surface area contributed by atoms with Gasteiger partial charge in [-0.1, -0.05) is 6.07 Å². The van der Waals surface area contributed by atoms with Crippen molar-refractivity contribution < 1.29 is 9.59 Å². The molecule has 138 valence electrons. The number of piperidine rings is 1. The third-order valence-electron chi connectivity index (χ3n) is 4.46. The molecule has 0 bridgehead atoms. The summed E-state index contributed by atoms with van der Waals surface area (Å²) < 4.78 is 0. The molecule has 7 heteroatoms. The minimum absolute atomic E-state index is 0.0482. The molecule has 1 aliphatic heterocycles. The van der Waals surface area contributed by atoms with Crippen LogP contribution in [-0.2, 0) is 11.3 Å². The number of aromatic nitrogens is 1. The lowest BCUT2D eigenvalue weighted by molar-refractivity contribution is -0.119. The number of urea groups is 1. The number of pyridine rings is 1. The smallest absolute Gasteiger partial charge is 0.317 e. The monoisotopic (exact) mass is 347 g/mol. The predicted octanol–water partition coefficient (Wildman–Crippen LogP) is 1.74. The third-order valence-corrected chi connectivity index (χ3v) is 4.46. The molecule has 7 nitrogen and oxygen atoms in total. The number of nitrogens with one attached hydrogen (secondary N) is 2. The Labute approximate surface area is 149 Å². The second kappa shape index (κ2) is 9.25. The molecule has 0 unspecified atom stereocenters. The van der Waals surface area contributed by atoms with E-state index in [2.05, 4.69) is 34.4 Å². The first-order chi connectivity index (χ1) is 12.0. The largest absolute Gasteiger partial charge is 0.357 e. The number of hydrogen-bond acceptors (Lipinski definition) is 4. The van der Waals surface area contributed by atoms with Crippen LogP contribution in [0.15, 0.2) is 18.3 Å². The lowest BCUT2D eigenvalue weighted by Gasteiger charge is -2.33. The highest BCUT2D eigenvalue weighted by Gasteiger charge is 2.23. The second-order valence-corrected chi connectivity index (χ2v) is 6.34.